The second-order valence-electron chi connectivity index (χ2n) is 7.05. The van der Waals surface area contributed by atoms with Crippen LogP contribution in [0.3, 0.4) is 0 Å². The van der Waals surface area contributed by atoms with Crippen LogP contribution in [0.1, 0.15) is 25.7 Å². The minimum Gasteiger partial charge on any atom is -0.381 e. The third-order valence-electron chi connectivity index (χ3n) is 5.20. The highest BCUT2D eigenvalue weighted by molar-refractivity contribution is 4.94. The maximum absolute atomic E-state index is 5.83. The van der Waals surface area contributed by atoms with E-state index >= 15 is 0 Å². The number of likely N-dealkylation sites (tertiary alicyclic amines) is 1. The minimum absolute atomic E-state index is 0.202. The number of nitrogens with zero attached hydrogens (tertiary/aromatic N) is 1. The van der Waals surface area contributed by atoms with E-state index in [2.05, 4.69) is 10.2 Å². The summed E-state index contributed by atoms with van der Waals surface area (Å²) >= 11 is 0. The van der Waals surface area contributed by atoms with E-state index in [4.69, 9.17) is 14.2 Å². The summed E-state index contributed by atoms with van der Waals surface area (Å²) < 4.78 is 16.9. The van der Waals surface area contributed by atoms with Crippen molar-refractivity contribution in [3.8, 4) is 0 Å². The third kappa shape index (κ3) is 3.96. The van der Waals surface area contributed by atoms with Crippen LogP contribution in [0.5, 0.6) is 0 Å². The van der Waals surface area contributed by atoms with E-state index in [0.29, 0.717) is 0 Å². The summed E-state index contributed by atoms with van der Waals surface area (Å²) in [5.74, 6) is 0. The molecule has 0 bridgehead atoms. The Labute approximate surface area is 128 Å². The van der Waals surface area contributed by atoms with E-state index in [1.807, 2.05) is 0 Å². The summed E-state index contributed by atoms with van der Waals surface area (Å²) in [7, 11) is 3.57. The van der Waals surface area contributed by atoms with Crippen molar-refractivity contribution >= 4 is 0 Å². The average Bonchev–Trinajstić information content (AvgIpc) is 3.26. The SMILES string of the molecule is COC1CN(CC2(CNC3CC3)CCCOC2)CC1OC. The highest BCUT2D eigenvalue weighted by Gasteiger charge is 2.40. The van der Waals surface area contributed by atoms with Gasteiger partial charge in [-0.05, 0) is 25.7 Å². The molecule has 0 aromatic rings. The first-order valence-electron chi connectivity index (χ1n) is 8.34. The Hall–Kier alpha value is -0.200. The lowest BCUT2D eigenvalue weighted by atomic mass is 9.81. The zero-order chi connectivity index (χ0) is 14.7. The van der Waals surface area contributed by atoms with E-state index in [9.17, 15) is 0 Å². The van der Waals surface area contributed by atoms with Crippen LogP contribution in [0.2, 0.25) is 0 Å². The van der Waals surface area contributed by atoms with Crippen molar-refractivity contribution in [1.82, 2.24) is 10.2 Å². The number of rotatable bonds is 7. The Bertz CT molecular complexity index is 317. The normalized spacial score (nSPS) is 38.0. The fraction of sp³-hybridized carbons (Fsp3) is 1.00. The Morgan fingerprint density at radius 1 is 1.19 bits per heavy atom. The third-order valence-corrected chi connectivity index (χ3v) is 5.20. The fourth-order valence-corrected chi connectivity index (χ4v) is 3.75. The summed E-state index contributed by atoms with van der Waals surface area (Å²) in [4.78, 5) is 2.51. The predicted octanol–water partition coefficient (Wildman–Crippen LogP) is 0.881. The van der Waals surface area contributed by atoms with Gasteiger partial charge in [-0.25, -0.2) is 0 Å². The van der Waals surface area contributed by atoms with Crippen LogP contribution in [0.4, 0.5) is 0 Å². The monoisotopic (exact) mass is 298 g/mol. The van der Waals surface area contributed by atoms with Gasteiger partial charge < -0.3 is 19.5 Å². The second kappa shape index (κ2) is 6.92. The van der Waals surface area contributed by atoms with Gasteiger partial charge in [-0.2, -0.15) is 0 Å². The standard InChI is InChI=1S/C16H30N2O3/c1-19-14-8-18(9-15(14)20-2)11-16(6-3-7-21-12-16)10-17-13-4-5-13/h13-15,17H,3-12H2,1-2H3. The van der Waals surface area contributed by atoms with E-state index < -0.39 is 0 Å². The zero-order valence-corrected chi connectivity index (χ0v) is 13.5. The molecule has 2 saturated heterocycles. The summed E-state index contributed by atoms with van der Waals surface area (Å²) in [5, 5.41) is 3.72. The number of ether oxygens (including phenoxy) is 3. The van der Waals surface area contributed by atoms with Crippen LogP contribution in [-0.4, -0.2) is 76.8 Å². The van der Waals surface area contributed by atoms with Crippen molar-refractivity contribution in [2.45, 2.75) is 43.9 Å². The summed E-state index contributed by atoms with van der Waals surface area (Å²) in [5.41, 5.74) is 0.266. The van der Waals surface area contributed by atoms with Crippen molar-refractivity contribution in [1.29, 1.82) is 0 Å². The highest BCUT2D eigenvalue weighted by Crippen LogP contribution is 2.32. The molecule has 1 saturated carbocycles. The first-order chi connectivity index (χ1) is 10.2. The van der Waals surface area contributed by atoms with E-state index in [1.165, 1.54) is 25.7 Å². The summed E-state index contributed by atoms with van der Waals surface area (Å²) in [6.45, 7) is 5.93. The molecule has 3 fully saturated rings. The lowest BCUT2D eigenvalue weighted by Crippen LogP contribution is -2.49. The van der Waals surface area contributed by atoms with Crippen molar-refractivity contribution < 1.29 is 14.2 Å². The lowest BCUT2D eigenvalue weighted by molar-refractivity contribution is -0.0253. The molecule has 1 N–H and O–H groups in total. The Balaban J connectivity index is 1.58. The van der Waals surface area contributed by atoms with Crippen LogP contribution < -0.4 is 5.32 Å². The molecule has 5 nitrogen and oxygen atoms in total. The minimum atomic E-state index is 0.202. The number of methoxy groups -OCH3 is 2. The zero-order valence-electron chi connectivity index (χ0n) is 13.5. The van der Waals surface area contributed by atoms with Gasteiger partial charge in [0.05, 0.1) is 18.8 Å². The first-order valence-corrected chi connectivity index (χ1v) is 8.34. The highest BCUT2D eigenvalue weighted by atomic mass is 16.5. The van der Waals surface area contributed by atoms with Crippen molar-refractivity contribution in [3.05, 3.63) is 0 Å². The van der Waals surface area contributed by atoms with Gasteiger partial charge in [-0.3, -0.25) is 4.90 Å². The molecule has 3 unspecified atom stereocenters. The second-order valence-corrected chi connectivity index (χ2v) is 7.05. The number of hydrogen-bond donors (Lipinski definition) is 1. The van der Waals surface area contributed by atoms with Crippen molar-refractivity contribution in [2.24, 2.45) is 5.41 Å². The molecule has 2 heterocycles. The molecule has 0 radical (unpaired) electrons. The molecule has 0 amide bonds. The van der Waals surface area contributed by atoms with Crippen LogP contribution in [0.15, 0.2) is 0 Å². The lowest BCUT2D eigenvalue weighted by Gasteiger charge is -2.40. The molecule has 3 aliphatic rings. The molecule has 5 heteroatoms. The summed E-state index contributed by atoms with van der Waals surface area (Å²) in [6.07, 6.45) is 5.54. The number of hydrogen-bond acceptors (Lipinski definition) is 5. The fourth-order valence-electron chi connectivity index (χ4n) is 3.75. The van der Waals surface area contributed by atoms with Crippen LogP contribution in [-0.2, 0) is 14.2 Å². The van der Waals surface area contributed by atoms with Gasteiger partial charge in [0.2, 0.25) is 0 Å². The molecule has 0 aromatic carbocycles. The molecule has 3 atom stereocenters. The Morgan fingerprint density at radius 3 is 2.43 bits per heavy atom. The van der Waals surface area contributed by atoms with E-state index in [0.717, 1.165) is 45.4 Å². The molecular formula is C16H30N2O3. The van der Waals surface area contributed by atoms with E-state index in [1.54, 1.807) is 14.2 Å². The summed E-state index contributed by atoms with van der Waals surface area (Å²) in [6, 6.07) is 0.765. The molecule has 0 aromatic heterocycles. The average molecular weight is 298 g/mol. The van der Waals surface area contributed by atoms with Crippen LogP contribution in [0.25, 0.3) is 0 Å². The van der Waals surface area contributed by atoms with Gasteiger partial charge in [-0.15, -0.1) is 0 Å². The topological polar surface area (TPSA) is 43.0 Å². The number of nitrogens with one attached hydrogen (secondary N) is 1. The molecule has 1 aliphatic carbocycles. The first kappa shape index (κ1) is 15.7. The predicted molar refractivity (Wildman–Crippen MR) is 81.5 cm³/mol. The molecule has 2 aliphatic heterocycles. The van der Waals surface area contributed by atoms with Gasteiger partial charge >= 0.3 is 0 Å². The largest absolute Gasteiger partial charge is 0.381 e. The quantitative estimate of drug-likeness (QED) is 0.756. The van der Waals surface area contributed by atoms with Gasteiger partial charge in [-0.1, -0.05) is 0 Å². The molecule has 0 spiro atoms. The van der Waals surface area contributed by atoms with Crippen LogP contribution in [0, 0.1) is 5.41 Å². The van der Waals surface area contributed by atoms with Crippen molar-refractivity contribution in [3.63, 3.8) is 0 Å². The Kier molecular flexibility index (Phi) is 5.17. The van der Waals surface area contributed by atoms with Gasteiger partial charge in [0.15, 0.2) is 0 Å². The van der Waals surface area contributed by atoms with Gasteiger partial charge in [0.1, 0.15) is 0 Å². The molecule has 3 rings (SSSR count). The smallest absolute Gasteiger partial charge is 0.0971 e. The van der Waals surface area contributed by atoms with Crippen LogP contribution >= 0.6 is 0 Å². The molecule has 21 heavy (non-hydrogen) atoms. The maximum atomic E-state index is 5.83. The van der Waals surface area contributed by atoms with Crippen molar-refractivity contribution in [2.75, 3.05) is 53.6 Å². The van der Waals surface area contributed by atoms with Gasteiger partial charge in [0.25, 0.3) is 0 Å². The van der Waals surface area contributed by atoms with E-state index in [-0.39, 0.29) is 17.6 Å². The maximum Gasteiger partial charge on any atom is 0.0971 e. The molecular weight excluding hydrogens is 268 g/mol. The Morgan fingerprint density at radius 2 is 1.90 bits per heavy atom. The van der Waals surface area contributed by atoms with Gasteiger partial charge in [0, 0.05) is 58.5 Å². The molecule has 122 valence electrons.